The second-order valence-electron chi connectivity index (χ2n) is 4.65. The molecule has 9 nitrogen and oxygen atoms in total. The molecule has 1 fully saturated rings. The van der Waals surface area contributed by atoms with E-state index in [1.807, 2.05) is 5.32 Å². The van der Waals surface area contributed by atoms with Crippen LogP contribution in [0, 0.1) is 4.91 Å². The van der Waals surface area contributed by atoms with Gasteiger partial charge < -0.3 is 15.3 Å². The minimum absolute atomic E-state index is 0.124. The van der Waals surface area contributed by atoms with E-state index in [-0.39, 0.29) is 18.9 Å². The standard InChI is InChI=1S/C8H17NO2.C3H4N2O2.C3H6O2/c1-2-3-4-5-6-7-8-11-9-10;6-2-1-4-3(7)5-2;1-2-3(4)5/h2-8H2,1H3;1H2,(H2,4,5,6,7);2H2,1H3,(H,4,5). The monoisotopic (exact) mass is 333 g/mol. The highest BCUT2D eigenvalue weighted by Crippen LogP contribution is 2.04. The molecule has 1 aliphatic rings. The zero-order valence-corrected chi connectivity index (χ0v) is 13.8. The summed E-state index contributed by atoms with van der Waals surface area (Å²) in [6, 6.07) is -0.398. The molecule has 0 aromatic carbocycles. The largest absolute Gasteiger partial charge is 0.481 e. The number of carbonyl (C=O) groups is 3. The first-order chi connectivity index (χ1) is 11.0. The Morgan fingerprint density at radius 3 is 2.09 bits per heavy atom. The Bertz CT molecular complexity index is 335. The van der Waals surface area contributed by atoms with E-state index in [2.05, 4.69) is 22.4 Å². The van der Waals surface area contributed by atoms with Gasteiger partial charge in [0.05, 0.1) is 6.54 Å². The van der Waals surface area contributed by atoms with Crippen molar-refractivity contribution < 1.29 is 24.3 Å². The number of nitrogens with one attached hydrogen (secondary N) is 2. The summed E-state index contributed by atoms with van der Waals surface area (Å²) < 4.78 is 0. The van der Waals surface area contributed by atoms with Crippen LogP contribution >= 0.6 is 0 Å². The Morgan fingerprint density at radius 2 is 1.74 bits per heavy atom. The van der Waals surface area contributed by atoms with E-state index in [9.17, 15) is 19.3 Å². The number of aliphatic carboxylic acids is 1. The summed E-state index contributed by atoms with van der Waals surface area (Å²) >= 11 is 0. The first kappa shape index (κ1) is 23.1. The van der Waals surface area contributed by atoms with Crippen molar-refractivity contribution in [3.05, 3.63) is 4.91 Å². The van der Waals surface area contributed by atoms with Crippen LogP contribution in [0.3, 0.4) is 0 Å². The molecular formula is C14H27N3O6. The Labute approximate surface area is 136 Å². The first-order valence-corrected chi connectivity index (χ1v) is 7.71. The van der Waals surface area contributed by atoms with Crippen molar-refractivity contribution in [2.45, 2.75) is 58.8 Å². The third-order valence-corrected chi connectivity index (χ3v) is 2.61. The van der Waals surface area contributed by atoms with Gasteiger partial charge in [-0.2, -0.15) is 0 Å². The van der Waals surface area contributed by atoms with Crippen molar-refractivity contribution >= 4 is 17.9 Å². The highest BCUT2D eigenvalue weighted by Gasteiger charge is 2.14. The van der Waals surface area contributed by atoms with Gasteiger partial charge in [-0.3, -0.25) is 14.9 Å². The van der Waals surface area contributed by atoms with E-state index in [0.717, 1.165) is 12.8 Å². The van der Waals surface area contributed by atoms with Crippen LogP contribution in [0.5, 0.6) is 0 Å². The number of nitrogens with zero attached hydrogens (tertiary/aromatic N) is 1. The smallest absolute Gasteiger partial charge is 0.321 e. The summed E-state index contributed by atoms with van der Waals surface area (Å²) in [6.07, 6.45) is 7.45. The molecule has 1 rings (SSSR count). The molecule has 1 saturated heterocycles. The van der Waals surface area contributed by atoms with Crippen LogP contribution in [-0.4, -0.2) is 36.2 Å². The third-order valence-electron chi connectivity index (χ3n) is 2.61. The van der Waals surface area contributed by atoms with Crippen molar-refractivity contribution in [3.8, 4) is 0 Å². The molecule has 0 spiro atoms. The molecular weight excluding hydrogens is 306 g/mol. The Morgan fingerprint density at radius 1 is 1.17 bits per heavy atom. The molecule has 0 saturated carbocycles. The zero-order valence-electron chi connectivity index (χ0n) is 13.8. The molecule has 1 heterocycles. The summed E-state index contributed by atoms with van der Waals surface area (Å²) in [5, 5.41) is 14.3. The lowest BCUT2D eigenvalue weighted by atomic mass is 10.1. The quantitative estimate of drug-likeness (QED) is 0.256. The maximum atomic E-state index is 10.1. The number of carbonyl (C=O) groups excluding carboxylic acids is 2. The molecule has 0 aromatic heterocycles. The van der Waals surface area contributed by atoms with Gasteiger partial charge in [-0.05, 0) is 12.8 Å². The number of amides is 3. The zero-order chi connectivity index (χ0) is 17.9. The number of unbranched alkanes of at least 4 members (excludes halogenated alkanes) is 5. The van der Waals surface area contributed by atoms with Crippen LogP contribution in [0.2, 0.25) is 0 Å². The molecule has 23 heavy (non-hydrogen) atoms. The van der Waals surface area contributed by atoms with Gasteiger partial charge in [0.15, 0.2) is 5.34 Å². The van der Waals surface area contributed by atoms with Crippen LogP contribution in [0.4, 0.5) is 4.79 Å². The SMILES string of the molecule is CCC(=O)O.CCCCCCCCON=O.O=C1CNC(=O)N1. The van der Waals surface area contributed by atoms with Gasteiger partial charge in [0.25, 0.3) is 0 Å². The van der Waals surface area contributed by atoms with E-state index >= 15 is 0 Å². The van der Waals surface area contributed by atoms with Crippen molar-refractivity contribution in [1.29, 1.82) is 0 Å². The Hall–Kier alpha value is -2.19. The van der Waals surface area contributed by atoms with Crippen molar-refractivity contribution in [2.75, 3.05) is 13.2 Å². The second kappa shape index (κ2) is 17.9. The lowest BCUT2D eigenvalue weighted by Crippen LogP contribution is -2.22. The fourth-order valence-electron chi connectivity index (χ4n) is 1.36. The number of carboxylic acids is 1. The number of urea groups is 1. The highest BCUT2D eigenvalue weighted by atomic mass is 16.7. The van der Waals surface area contributed by atoms with Crippen LogP contribution in [-0.2, 0) is 14.4 Å². The molecule has 0 aromatic rings. The average molecular weight is 333 g/mol. The van der Waals surface area contributed by atoms with Crippen molar-refractivity contribution in [2.24, 2.45) is 5.34 Å². The number of imide groups is 1. The van der Waals surface area contributed by atoms with Crippen LogP contribution in [0.1, 0.15) is 58.8 Å². The van der Waals surface area contributed by atoms with Crippen LogP contribution < -0.4 is 10.6 Å². The summed E-state index contributed by atoms with van der Waals surface area (Å²) in [7, 11) is 0. The summed E-state index contributed by atoms with van der Waals surface area (Å²) in [6.45, 7) is 4.40. The molecule has 0 bridgehead atoms. The van der Waals surface area contributed by atoms with Crippen LogP contribution in [0.15, 0.2) is 5.34 Å². The minimum atomic E-state index is -0.745. The number of hydrogen-bond donors (Lipinski definition) is 3. The maximum absolute atomic E-state index is 10.1. The topological polar surface area (TPSA) is 134 Å². The summed E-state index contributed by atoms with van der Waals surface area (Å²) in [5.74, 6) is -1.00. The second-order valence-corrected chi connectivity index (χ2v) is 4.65. The summed E-state index contributed by atoms with van der Waals surface area (Å²) in [4.78, 5) is 43.2. The predicted molar refractivity (Wildman–Crippen MR) is 84.6 cm³/mol. The molecule has 134 valence electrons. The summed E-state index contributed by atoms with van der Waals surface area (Å²) in [5.41, 5.74) is 0. The normalized spacial score (nSPS) is 11.9. The van der Waals surface area contributed by atoms with Gasteiger partial charge in [-0.25, -0.2) is 4.79 Å². The van der Waals surface area contributed by atoms with Gasteiger partial charge in [0.1, 0.15) is 6.61 Å². The molecule has 1 aliphatic heterocycles. The fraction of sp³-hybridized carbons (Fsp3) is 0.786. The molecule has 0 atom stereocenters. The first-order valence-electron chi connectivity index (χ1n) is 7.71. The predicted octanol–water partition coefficient (Wildman–Crippen LogP) is 2.35. The van der Waals surface area contributed by atoms with Gasteiger partial charge in [0, 0.05) is 6.42 Å². The number of hydrogen-bond acceptors (Lipinski definition) is 6. The lowest BCUT2D eigenvalue weighted by Gasteiger charge is -1.97. The van der Waals surface area contributed by atoms with Crippen molar-refractivity contribution in [1.82, 2.24) is 10.6 Å². The van der Waals surface area contributed by atoms with E-state index in [1.54, 1.807) is 6.92 Å². The van der Waals surface area contributed by atoms with E-state index in [0.29, 0.717) is 6.61 Å². The molecule has 9 heteroatoms. The molecule has 3 N–H and O–H groups in total. The minimum Gasteiger partial charge on any atom is -0.481 e. The highest BCUT2D eigenvalue weighted by molar-refractivity contribution is 6.01. The van der Waals surface area contributed by atoms with Gasteiger partial charge in [-0.15, -0.1) is 4.91 Å². The lowest BCUT2D eigenvalue weighted by molar-refractivity contribution is -0.136. The van der Waals surface area contributed by atoms with Crippen molar-refractivity contribution in [3.63, 3.8) is 0 Å². The Kier molecular flexibility index (Phi) is 17.9. The Balaban J connectivity index is 0. The van der Waals surface area contributed by atoms with E-state index < -0.39 is 12.0 Å². The molecule has 0 radical (unpaired) electrons. The fourth-order valence-corrected chi connectivity index (χ4v) is 1.36. The number of rotatable bonds is 9. The van der Waals surface area contributed by atoms with Gasteiger partial charge in [-0.1, -0.05) is 39.5 Å². The van der Waals surface area contributed by atoms with E-state index in [4.69, 9.17) is 5.11 Å². The van der Waals surface area contributed by atoms with E-state index in [1.165, 1.54) is 25.7 Å². The molecule has 0 unspecified atom stereocenters. The average Bonchev–Trinajstić information content (AvgIpc) is 2.91. The molecule has 0 aliphatic carbocycles. The van der Waals surface area contributed by atoms with Gasteiger partial charge >= 0.3 is 12.0 Å². The van der Waals surface area contributed by atoms with Crippen LogP contribution in [0.25, 0.3) is 0 Å². The van der Waals surface area contributed by atoms with Gasteiger partial charge in [0.2, 0.25) is 5.91 Å². The third kappa shape index (κ3) is 22.2. The molecule has 3 amide bonds. The maximum Gasteiger partial charge on any atom is 0.321 e. The number of carboxylic acid groups (broad SMARTS) is 1.